The number of pyridine rings is 1. The molecule has 0 saturated heterocycles. The molecular formula is C14H14ClN3O. The Kier molecular flexibility index (Phi) is 4.02. The molecule has 2 aromatic rings. The molecule has 0 bridgehead atoms. The zero-order valence-electron chi connectivity index (χ0n) is 10.7. The number of nitrogens with zero attached hydrogens (tertiary/aromatic N) is 1. The highest BCUT2D eigenvalue weighted by molar-refractivity contribution is 6.31. The second-order valence-electron chi connectivity index (χ2n) is 4.08. The van der Waals surface area contributed by atoms with Crippen LogP contribution in [0.3, 0.4) is 0 Å². The molecule has 2 rings (SSSR count). The first-order valence-corrected chi connectivity index (χ1v) is 6.19. The number of aromatic nitrogens is 1. The average Bonchev–Trinajstić information content (AvgIpc) is 2.41. The van der Waals surface area contributed by atoms with Gasteiger partial charge < -0.3 is 10.6 Å². The van der Waals surface area contributed by atoms with Gasteiger partial charge in [0, 0.05) is 24.0 Å². The molecule has 0 fully saturated rings. The van der Waals surface area contributed by atoms with E-state index in [9.17, 15) is 4.79 Å². The zero-order valence-corrected chi connectivity index (χ0v) is 11.5. The number of carbonyl (C=O) groups excluding carboxylic acids is 1. The summed E-state index contributed by atoms with van der Waals surface area (Å²) in [7, 11) is 1.76. The van der Waals surface area contributed by atoms with Crippen molar-refractivity contribution in [3.05, 3.63) is 52.8 Å². The molecule has 5 heteroatoms. The van der Waals surface area contributed by atoms with E-state index in [1.165, 1.54) is 0 Å². The van der Waals surface area contributed by atoms with Gasteiger partial charge in [-0.05, 0) is 36.8 Å². The van der Waals surface area contributed by atoms with Crippen LogP contribution in [-0.4, -0.2) is 17.9 Å². The fourth-order valence-electron chi connectivity index (χ4n) is 1.71. The summed E-state index contributed by atoms with van der Waals surface area (Å²) < 4.78 is 0. The Hall–Kier alpha value is -2.07. The maximum atomic E-state index is 12.3. The molecule has 0 aliphatic rings. The van der Waals surface area contributed by atoms with Gasteiger partial charge in [0.2, 0.25) is 0 Å². The second kappa shape index (κ2) is 5.71. The van der Waals surface area contributed by atoms with Crippen molar-refractivity contribution in [3.63, 3.8) is 0 Å². The third kappa shape index (κ3) is 3.03. The minimum absolute atomic E-state index is 0.219. The molecule has 1 amide bonds. The Morgan fingerprint density at radius 1 is 1.26 bits per heavy atom. The number of amides is 1. The topological polar surface area (TPSA) is 54.0 Å². The van der Waals surface area contributed by atoms with E-state index in [0.29, 0.717) is 16.3 Å². The molecule has 0 aliphatic carbocycles. The summed E-state index contributed by atoms with van der Waals surface area (Å²) in [6.07, 6.45) is 3.31. The van der Waals surface area contributed by atoms with Crippen LogP contribution in [0.1, 0.15) is 15.9 Å². The third-order valence-electron chi connectivity index (χ3n) is 2.78. The van der Waals surface area contributed by atoms with Gasteiger partial charge in [-0.15, -0.1) is 0 Å². The molecule has 1 aromatic heterocycles. The van der Waals surface area contributed by atoms with Crippen molar-refractivity contribution in [1.29, 1.82) is 0 Å². The predicted molar refractivity (Wildman–Crippen MR) is 77.9 cm³/mol. The maximum Gasteiger partial charge on any atom is 0.257 e. The minimum Gasteiger partial charge on any atom is -0.387 e. The van der Waals surface area contributed by atoms with Crippen LogP contribution < -0.4 is 10.6 Å². The monoisotopic (exact) mass is 275 g/mol. The molecule has 1 aromatic carbocycles. The normalized spacial score (nSPS) is 10.1. The van der Waals surface area contributed by atoms with Gasteiger partial charge >= 0.3 is 0 Å². The second-order valence-corrected chi connectivity index (χ2v) is 4.52. The SMILES string of the molecule is CNc1ccc(Cl)cc1C(=O)Nc1cnccc1C. The number of nitrogens with one attached hydrogen (secondary N) is 2. The van der Waals surface area contributed by atoms with Gasteiger partial charge in [-0.2, -0.15) is 0 Å². The number of anilines is 2. The van der Waals surface area contributed by atoms with E-state index in [0.717, 1.165) is 11.3 Å². The molecule has 0 atom stereocenters. The van der Waals surface area contributed by atoms with E-state index in [4.69, 9.17) is 11.6 Å². The molecule has 0 aliphatic heterocycles. The largest absolute Gasteiger partial charge is 0.387 e. The highest BCUT2D eigenvalue weighted by atomic mass is 35.5. The first kappa shape index (κ1) is 13.4. The lowest BCUT2D eigenvalue weighted by Gasteiger charge is -2.11. The van der Waals surface area contributed by atoms with Gasteiger partial charge in [-0.1, -0.05) is 11.6 Å². The molecule has 19 heavy (non-hydrogen) atoms. The molecule has 0 unspecified atom stereocenters. The van der Waals surface area contributed by atoms with Gasteiger partial charge in [-0.3, -0.25) is 9.78 Å². The summed E-state index contributed by atoms with van der Waals surface area (Å²) >= 11 is 5.93. The minimum atomic E-state index is -0.219. The highest BCUT2D eigenvalue weighted by Crippen LogP contribution is 2.22. The van der Waals surface area contributed by atoms with Crippen molar-refractivity contribution in [1.82, 2.24) is 4.98 Å². The molecular weight excluding hydrogens is 262 g/mol. The number of hydrogen-bond donors (Lipinski definition) is 2. The Morgan fingerprint density at radius 2 is 2.05 bits per heavy atom. The quantitative estimate of drug-likeness (QED) is 0.903. The van der Waals surface area contributed by atoms with Gasteiger partial charge in [-0.25, -0.2) is 0 Å². The number of benzene rings is 1. The molecule has 98 valence electrons. The summed E-state index contributed by atoms with van der Waals surface area (Å²) in [4.78, 5) is 16.3. The van der Waals surface area contributed by atoms with Gasteiger partial charge in [0.1, 0.15) is 0 Å². The number of hydrogen-bond acceptors (Lipinski definition) is 3. The van der Waals surface area contributed by atoms with E-state index in [1.54, 1.807) is 37.6 Å². The number of rotatable bonds is 3. The Labute approximate surface area is 116 Å². The first-order valence-electron chi connectivity index (χ1n) is 5.81. The molecule has 2 N–H and O–H groups in total. The molecule has 0 saturated carbocycles. The Bertz CT molecular complexity index is 613. The van der Waals surface area contributed by atoms with E-state index < -0.39 is 0 Å². The van der Waals surface area contributed by atoms with Crippen molar-refractivity contribution in [2.24, 2.45) is 0 Å². The Morgan fingerprint density at radius 3 is 2.74 bits per heavy atom. The van der Waals surface area contributed by atoms with Gasteiger partial charge in [0.05, 0.1) is 17.4 Å². The molecule has 4 nitrogen and oxygen atoms in total. The van der Waals surface area contributed by atoms with E-state index in [1.807, 2.05) is 13.0 Å². The maximum absolute atomic E-state index is 12.3. The van der Waals surface area contributed by atoms with Crippen LogP contribution in [0.25, 0.3) is 0 Å². The number of aryl methyl sites for hydroxylation is 1. The van der Waals surface area contributed by atoms with Crippen LogP contribution >= 0.6 is 11.6 Å². The average molecular weight is 276 g/mol. The van der Waals surface area contributed by atoms with Crippen LogP contribution in [0.15, 0.2) is 36.7 Å². The van der Waals surface area contributed by atoms with E-state index in [-0.39, 0.29) is 5.91 Å². The van der Waals surface area contributed by atoms with Gasteiger partial charge in [0.15, 0.2) is 0 Å². The molecule has 0 radical (unpaired) electrons. The lowest BCUT2D eigenvalue weighted by atomic mass is 10.1. The van der Waals surface area contributed by atoms with E-state index >= 15 is 0 Å². The summed E-state index contributed by atoms with van der Waals surface area (Å²) in [6, 6.07) is 6.98. The highest BCUT2D eigenvalue weighted by Gasteiger charge is 2.12. The molecule has 0 spiro atoms. The fourth-order valence-corrected chi connectivity index (χ4v) is 1.88. The predicted octanol–water partition coefficient (Wildman–Crippen LogP) is 3.34. The summed E-state index contributed by atoms with van der Waals surface area (Å²) in [5.41, 5.74) is 2.87. The van der Waals surface area contributed by atoms with Crippen molar-refractivity contribution >= 4 is 28.9 Å². The lowest BCUT2D eigenvalue weighted by Crippen LogP contribution is -2.14. The summed E-state index contributed by atoms with van der Waals surface area (Å²) in [6.45, 7) is 1.91. The zero-order chi connectivity index (χ0) is 13.8. The van der Waals surface area contributed by atoms with Crippen molar-refractivity contribution in [2.45, 2.75) is 6.92 Å². The third-order valence-corrected chi connectivity index (χ3v) is 3.02. The standard InChI is InChI=1S/C14H14ClN3O/c1-9-5-6-17-8-13(9)18-14(19)11-7-10(15)3-4-12(11)16-2/h3-8,16H,1-2H3,(H,18,19). The fraction of sp³-hybridized carbons (Fsp3) is 0.143. The van der Waals surface area contributed by atoms with Crippen molar-refractivity contribution < 1.29 is 4.79 Å². The van der Waals surface area contributed by atoms with Crippen molar-refractivity contribution in [2.75, 3.05) is 17.7 Å². The first-order chi connectivity index (χ1) is 9.11. The molecule has 1 heterocycles. The van der Waals surface area contributed by atoms with Gasteiger partial charge in [0.25, 0.3) is 5.91 Å². The lowest BCUT2D eigenvalue weighted by molar-refractivity contribution is 0.102. The smallest absolute Gasteiger partial charge is 0.257 e. The van der Waals surface area contributed by atoms with Crippen LogP contribution in [0.2, 0.25) is 5.02 Å². The van der Waals surface area contributed by atoms with Crippen LogP contribution in [0, 0.1) is 6.92 Å². The van der Waals surface area contributed by atoms with E-state index in [2.05, 4.69) is 15.6 Å². The van der Waals surface area contributed by atoms with Crippen molar-refractivity contribution in [3.8, 4) is 0 Å². The Balaban J connectivity index is 2.30. The number of carbonyl (C=O) groups is 1. The summed E-state index contributed by atoms with van der Waals surface area (Å²) in [5.74, 6) is -0.219. The van der Waals surface area contributed by atoms with Crippen LogP contribution in [0.5, 0.6) is 0 Å². The van der Waals surface area contributed by atoms with Crippen LogP contribution in [-0.2, 0) is 0 Å². The number of halogens is 1. The summed E-state index contributed by atoms with van der Waals surface area (Å²) in [5, 5.41) is 6.32. The van der Waals surface area contributed by atoms with Crippen LogP contribution in [0.4, 0.5) is 11.4 Å².